The summed E-state index contributed by atoms with van der Waals surface area (Å²) in [6.07, 6.45) is 0. The fourth-order valence-electron chi connectivity index (χ4n) is 0. The molecule has 0 saturated carbocycles. The maximum atomic E-state index is 8.94. The van der Waals surface area contributed by atoms with Crippen LogP contribution in [0.3, 0.4) is 0 Å². The number of rotatable bonds is 0. The predicted molar refractivity (Wildman–Crippen MR) is 55.7 cm³/mol. The molecule has 15 heteroatoms. The van der Waals surface area contributed by atoms with Gasteiger partial charge >= 0.3 is 30.5 Å². The average Bonchev–Trinajstić information content (AvgIpc) is 0.722. The van der Waals surface area contributed by atoms with Crippen LogP contribution in [0.4, 0.5) is 0 Å². The molecule has 0 aliphatic heterocycles. The Hall–Kier alpha value is 2.96. The normalized spacial score (nSPS) is 3.93. The third-order valence-corrected chi connectivity index (χ3v) is 0. The van der Waals surface area contributed by atoms with Crippen molar-refractivity contribution in [2.24, 2.45) is 0 Å². The molecule has 0 unspecified atom stereocenters. The fourth-order valence-corrected chi connectivity index (χ4v) is 0. The van der Waals surface area contributed by atoms with Crippen LogP contribution in [0.5, 0.6) is 0 Å². The topological polar surface area (TPSA) is 298 Å². The van der Waals surface area contributed by atoms with Crippen LogP contribution in [0, 0.1) is 0 Å². The van der Waals surface area contributed by atoms with Gasteiger partial charge in [-0.3, -0.25) is 0 Å². The van der Waals surface area contributed by atoms with Gasteiger partial charge in [-0.2, -0.15) is 0 Å². The van der Waals surface area contributed by atoms with E-state index >= 15 is 0 Å². The number of hydrogen-bond acceptors (Lipinski definition) is 1. The summed E-state index contributed by atoms with van der Waals surface area (Å²) in [5.41, 5.74) is 0. The van der Waals surface area contributed by atoms with Crippen LogP contribution < -0.4 is 0 Å². The third-order valence-electron chi connectivity index (χ3n) is 0. The van der Waals surface area contributed by atoms with Gasteiger partial charge in [0.2, 0.25) is 0 Å². The summed E-state index contributed by atoms with van der Waals surface area (Å²) >= 11 is -5.12. The van der Waals surface area contributed by atoms with Gasteiger partial charge < -0.3 is 38.3 Å². The van der Waals surface area contributed by atoms with Crippen molar-refractivity contribution in [2.75, 3.05) is 0 Å². The summed E-state index contributed by atoms with van der Waals surface area (Å²) in [4.78, 5) is 0. The van der Waals surface area contributed by atoms with E-state index in [4.69, 9.17) is 16.0 Å². The Morgan fingerprint density at radius 3 is 0.533 bits per heavy atom. The molecule has 0 amide bonds. The van der Waals surface area contributed by atoms with E-state index < -0.39 is 14.5 Å². The van der Waals surface area contributed by atoms with Crippen LogP contribution in [0.15, 0.2) is 0 Å². The molecule has 0 fully saturated rings. The van der Waals surface area contributed by atoms with E-state index in [9.17, 15) is 0 Å². The number of hydrogen-bond donors (Lipinski definition) is 3. The maximum absolute atomic E-state index is 8.94. The summed E-state index contributed by atoms with van der Waals surface area (Å²) in [6.45, 7) is 0. The molecule has 15 heavy (non-hydrogen) atoms. The van der Waals surface area contributed by atoms with Crippen molar-refractivity contribution in [1.82, 2.24) is 0 Å². The van der Waals surface area contributed by atoms with Gasteiger partial charge in [-0.1, -0.05) is 0 Å². The summed E-state index contributed by atoms with van der Waals surface area (Å²) in [7, 11) is 0. The first-order chi connectivity index (χ1) is 2.00. The molecule has 0 aliphatic carbocycles. The molecule has 0 aromatic heterocycles. The van der Waals surface area contributed by atoms with Crippen LogP contribution >= 0.6 is 0 Å². The van der Waals surface area contributed by atoms with Crippen LogP contribution in [0.25, 0.3) is 0 Å². The fraction of sp³-hybridized carbons (Fsp3) is 0. The van der Waals surface area contributed by atoms with E-state index in [2.05, 4.69) is 0 Å². The molecular weight excluding hydrogens is 320 g/mol. The van der Waals surface area contributed by atoms with Crippen LogP contribution in [0.1, 0.15) is 0 Å². The molecule has 0 aliphatic rings. The van der Waals surface area contributed by atoms with Crippen molar-refractivity contribution in [3.8, 4) is 0 Å². The predicted octanol–water partition coefficient (Wildman–Crippen LogP) is -9.09. The second-order valence-electron chi connectivity index (χ2n) is 0.513. The van der Waals surface area contributed by atoms with Crippen molar-refractivity contribution in [1.29, 1.82) is 0 Å². The Morgan fingerprint density at radius 1 is 0.533 bits per heavy atom. The molecular formula is H17AsNa3O11. The van der Waals surface area contributed by atoms with E-state index in [0.717, 1.165) is 0 Å². The van der Waals surface area contributed by atoms with Gasteiger partial charge in [0.15, 0.2) is 0 Å². The van der Waals surface area contributed by atoms with E-state index in [1.165, 1.54) is 0 Å². The van der Waals surface area contributed by atoms with Crippen molar-refractivity contribution >= 4 is 103 Å². The first-order valence-electron chi connectivity index (χ1n) is 0.783. The maximum Gasteiger partial charge on any atom is 0 e. The second kappa shape index (κ2) is 53.8. The molecule has 0 aromatic rings. The SMILES string of the molecule is O.O.O.O.O.O.O.O=[As](O)(O)O.[Na].[Na].[Na]. The van der Waals surface area contributed by atoms with E-state index in [1.807, 2.05) is 0 Å². The van der Waals surface area contributed by atoms with Gasteiger partial charge in [0.05, 0.1) is 0 Å². The van der Waals surface area contributed by atoms with Crippen LogP contribution in [-0.2, 0) is 3.74 Å². The molecule has 0 aromatic carbocycles. The summed E-state index contributed by atoms with van der Waals surface area (Å²) in [6, 6.07) is 0. The van der Waals surface area contributed by atoms with Crippen molar-refractivity contribution in [3.05, 3.63) is 0 Å². The quantitative estimate of drug-likeness (QED) is 0.362. The first kappa shape index (κ1) is 107. The Labute approximate surface area is 155 Å². The Morgan fingerprint density at radius 2 is 0.533 bits per heavy atom. The largest absolute Gasteiger partial charge is 0 e. The molecule has 0 saturated heterocycles. The minimum Gasteiger partial charge on any atom is 0 e. The van der Waals surface area contributed by atoms with E-state index in [0.29, 0.717) is 0 Å². The molecule has 11 nitrogen and oxygen atoms in total. The minimum atomic E-state index is -5.12. The minimum absolute atomic E-state index is 0. The molecule has 0 heterocycles. The Kier molecular flexibility index (Phi) is 383. The zero-order chi connectivity index (χ0) is 4.50. The smallest absolute Gasteiger partial charge is 0 e. The molecule has 0 atom stereocenters. The van der Waals surface area contributed by atoms with Gasteiger partial charge in [0.1, 0.15) is 0 Å². The third kappa shape index (κ3) is 434. The standard InChI is InChI=1S/AsH3O4.3Na.7H2O/c2-1(3,4)5;;;;;;;;;;/h(H3,2,3,4,5);;;;7*1H2. The van der Waals surface area contributed by atoms with Gasteiger partial charge in [-0.05, 0) is 0 Å². The van der Waals surface area contributed by atoms with Crippen molar-refractivity contribution in [3.63, 3.8) is 0 Å². The van der Waals surface area contributed by atoms with E-state index in [-0.39, 0.29) is 127 Å². The summed E-state index contributed by atoms with van der Waals surface area (Å²) < 4.78 is 30.7. The Balaban J connectivity index is -0.00000000178. The molecule has 17 N–H and O–H groups in total. The van der Waals surface area contributed by atoms with Crippen molar-refractivity contribution < 1.29 is 54.4 Å². The molecule has 3 radical (unpaired) electrons. The molecule has 0 rings (SSSR count). The van der Waals surface area contributed by atoms with Crippen LogP contribution in [-0.4, -0.2) is 154 Å². The zero-order valence-electron chi connectivity index (χ0n) is 8.70. The molecule has 91 valence electrons. The monoisotopic (exact) mass is 337 g/mol. The molecule has 0 bridgehead atoms. The van der Waals surface area contributed by atoms with Gasteiger partial charge in [-0.15, -0.1) is 0 Å². The van der Waals surface area contributed by atoms with Crippen molar-refractivity contribution in [2.45, 2.75) is 0 Å². The summed E-state index contributed by atoms with van der Waals surface area (Å²) in [5.74, 6) is 0. The van der Waals surface area contributed by atoms with E-state index in [1.54, 1.807) is 0 Å². The second-order valence-corrected chi connectivity index (χ2v) is 2.67. The molecule has 0 spiro atoms. The zero-order valence-corrected chi connectivity index (χ0v) is 16.6. The first-order valence-corrected chi connectivity index (χ1v) is 4.07. The summed E-state index contributed by atoms with van der Waals surface area (Å²) in [5, 5.41) is 0. The van der Waals surface area contributed by atoms with Gasteiger partial charge in [0, 0.05) is 88.7 Å². The van der Waals surface area contributed by atoms with Crippen LogP contribution in [0.2, 0.25) is 0 Å². The van der Waals surface area contributed by atoms with Gasteiger partial charge in [-0.25, -0.2) is 0 Å². The Bertz CT molecular complexity index is 62.0. The average molecular weight is 337 g/mol. The van der Waals surface area contributed by atoms with Gasteiger partial charge in [0.25, 0.3) is 0 Å².